The predicted molar refractivity (Wildman–Crippen MR) is 139 cm³/mol. The number of nitrogens with one attached hydrogen (secondary N) is 3. The first-order valence-corrected chi connectivity index (χ1v) is 12.2. The van der Waals surface area contributed by atoms with Crippen LogP contribution in [0.2, 0.25) is 0 Å². The zero-order valence-electron chi connectivity index (χ0n) is 20.3. The minimum absolute atomic E-state index is 0.0279. The van der Waals surface area contributed by atoms with Crippen LogP contribution < -0.4 is 10.6 Å². The van der Waals surface area contributed by atoms with Crippen molar-refractivity contribution in [3.05, 3.63) is 72.3 Å². The van der Waals surface area contributed by atoms with Crippen molar-refractivity contribution in [2.75, 3.05) is 30.3 Å². The van der Waals surface area contributed by atoms with E-state index in [9.17, 15) is 14.0 Å². The highest BCUT2D eigenvalue weighted by Crippen LogP contribution is 2.25. The van der Waals surface area contributed by atoms with Crippen molar-refractivity contribution in [2.24, 2.45) is 5.92 Å². The molecule has 0 spiro atoms. The quantitative estimate of drug-likeness (QED) is 0.305. The minimum atomic E-state index is -0.590. The van der Waals surface area contributed by atoms with Crippen LogP contribution in [-0.2, 0) is 9.53 Å². The first kappa shape index (κ1) is 24.2. The van der Waals surface area contributed by atoms with Gasteiger partial charge < -0.3 is 25.3 Å². The number of nitrogens with zero attached hydrogens (tertiary/aromatic N) is 3. The number of aromatic amines is 1. The van der Waals surface area contributed by atoms with E-state index in [4.69, 9.17) is 4.74 Å². The van der Waals surface area contributed by atoms with Crippen molar-refractivity contribution < 1.29 is 18.7 Å². The van der Waals surface area contributed by atoms with Crippen LogP contribution in [0.5, 0.6) is 0 Å². The number of rotatable bonds is 7. The van der Waals surface area contributed by atoms with Gasteiger partial charge in [-0.1, -0.05) is 12.1 Å². The Morgan fingerprint density at radius 2 is 1.92 bits per heavy atom. The SMILES string of the molecule is CCOC(=O)C1CCN(C(=O)c2cccc(Nc3ncc(F)c(Nc4ccc5cc[nH]c5c4)n3)c2)CC1. The summed E-state index contributed by atoms with van der Waals surface area (Å²) in [6.07, 6.45) is 4.09. The monoisotopic (exact) mass is 502 g/mol. The van der Waals surface area contributed by atoms with Crippen LogP contribution in [0.1, 0.15) is 30.1 Å². The molecular weight excluding hydrogens is 475 g/mol. The number of anilines is 4. The molecular formula is C27H27FN6O3. The maximum Gasteiger partial charge on any atom is 0.309 e. The van der Waals surface area contributed by atoms with Crippen molar-refractivity contribution >= 4 is 45.9 Å². The highest BCUT2D eigenvalue weighted by molar-refractivity contribution is 5.95. The van der Waals surface area contributed by atoms with Crippen LogP contribution in [0.4, 0.5) is 27.5 Å². The zero-order valence-corrected chi connectivity index (χ0v) is 20.3. The van der Waals surface area contributed by atoms with Gasteiger partial charge in [0.15, 0.2) is 11.6 Å². The maximum atomic E-state index is 14.4. The summed E-state index contributed by atoms with van der Waals surface area (Å²) in [7, 11) is 0. The van der Waals surface area contributed by atoms with Gasteiger partial charge in [0.1, 0.15) is 0 Å². The molecule has 0 unspecified atom stereocenters. The van der Waals surface area contributed by atoms with Crippen molar-refractivity contribution in [1.29, 1.82) is 0 Å². The number of H-pyrrole nitrogens is 1. The summed E-state index contributed by atoms with van der Waals surface area (Å²) in [5.74, 6) is -0.857. The zero-order chi connectivity index (χ0) is 25.8. The van der Waals surface area contributed by atoms with Crippen LogP contribution in [0, 0.1) is 11.7 Å². The molecule has 1 fully saturated rings. The second-order valence-electron chi connectivity index (χ2n) is 8.82. The number of esters is 1. The van der Waals surface area contributed by atoms with Crippen LogP contribution >= 0.6 is 0 Å². The number of carbonyl (C=O) groups excluding carboxylic acids is 2. The number of carbonyl (C=O) groups is 2. The van der Waals surface area contributed by atoms with Gasteiger partial charge in [-0.2, -0.15) is 4.98 Å². The number of halogens is 1. The smallest absolute Gasteiger partial charge is 0.309 e. The van der Waals surface area contributed by atoms with Gasteiger partial charge in [-0.15, -0.1) is 0 Å². The van der Waals surface area contributed by atoms with Crippen molar-refractivity contribution in [1.82, 2.24) is 19.9 Å². The Hall–Kier alpha value is -4.47. The van der Waals surface area contributed by atoms with E-state index in [2.05, 4.69) is 25.6 Å². The van der Waals surface area contributed by atoms with Crippen LogP contribution in [0.15, 0.2) is 60.9 Å². The standard InChI is InChI=1S/C27H27FN6O3/c1-2-37-26(36)18-9-12-34(13-10-18)25(35)19-4-3-5-20(14-19)32-27-30-16-22(28)24(33-27)31-21-7-6-17-8-11-29-23(17)15-21/h3-8,11,14-16,18,29H,2,9-10,12-13H2,1H3,(H2,30,31,32,33). The fourth-order valence-corrected chi connectivity index (χ4v) is 4.40. The number of amides is 1. The highest BCUT2D eigenvalue weighted by Gasteiger charge is 2.28. The van der Waals surface area contributed by atoms with E-state index in [0.717, 1.165) is 17.1 Å². The first-order chi connectivity index (χ1) is 18.0. The van der Waals surface area contributed by atoms with E-state index in [1.54, 1.807) is 36.1 Å². The number of fused-ring (bicyclic) bond motifs is 1. The molecule has 9 nitrogen and oxygen atoms in total. The van der Waals surface area contributed by atoms with Gasteiger partial charge in [0.25, 0.3) is 5.91 Å². The number of ether oxygens (including phenoxy) is 1. The maximum absolute atomic E-state index is 14.4. The van der Waals surface area contributed by atoms with Gasteiger partial charge in [-0.3, -0.25) is 9.59 Å². The second kappa shape index (κ2) is 10.7. The number of aromatic nitrogens is 3. The molecule has 37 heavy (non-hydrogen) atoms. The lowest BCUT2D eigenvalue weighted by atomic mass is 9.96. The summed E-state index contributed by atoms with van der Waals surface area (Å²) in [5, 5.41) is 7.09. The second-order valence-corrected chi connectivity index (χ2v) is 8.82. The molecule has 1 saturated heterocycles. The lowest BCUT2D eigenvalue weighted by molar-refractivity contribution is -0.149. The lowest BCUT2D eigenvalue weighted by Gasteiger charge is -2.31. The normalized spacial score (nSPS) is 13.9. The fraction of sp³-hybridized carbons (Fsp3) is 0.259. The van der Waals surface area contributed by atoms with Crippen LogP contribution in [0.25, 0.3) is 10.9 Å². The molecule has 2 aromatic carbocycles. The summed E-state index contributed by atoms with van der Waals surface area (Å²) >= 11 is 0. The fourth-order valence-electron chi connectivity index (χ4n) is 4.40. The summed E-state index contributed by atoms with van der Waals surface area (Å²) in [6, 6.07) is 14.6. The number of benzene rings is 2. The van der Waals surface area contributed by atoms with Crippen molar-refractivity contribution in [3.8, 4) is 0 Å². The Bertz CT molecular complexity index is 1430. The summed E-state index contributed by atoms with van der Waals surface area (Å²) < 4.78 is 19.5. The third-order valence-corrected chi connectivity index (χ3v) is 6.33. The Labute approximate surface area is 213 Å². The summed E-state index contributed by atoms with van der Waals surface area (Å²) in [5.41, 5.74) is 2.69. The van der Waals surface area contributed by atoms with Crippen LogP contribution in [-0.4, -0.2) is 51.4 Å². The Morgan fingerprint density at radius 3 is 2.73 bits per heavy atom. The van der Waals surface area contributed by atoms with Crippen molar-refractivity contribution in [2.45, 2.75) is 19.8 Å². The third-order valence-electron chi connectivity index (χ3n) is 6.33. The van der Waals surface area contributed by atoms with Gasteiger partial charge >= 0.3 is 5.97 Å². The molecule has 1 aliphatic rings. The molecule has 3 N–H and O–H groups in total. The first-order valence-electron chi connectivity index (χ1n) is 12.2. The number of hydrogen-bond acceptors (Lipinski definition) is 7. The molecule has 0 saturated carbocycles. The van der Waals surface area contributed by atoms with E-state index < -0.39 is 5.82 Å². The van der Waals surface area contributed by atoms with E-state index in [0.29, 0.717) is 49.5 Å². The molecule has 4 aromatic rings. The molecule has 190 valence electrons. The van der Waals surface area contributed by atoms with Gasteiger partial charge in [0.2, 0.25) is 5.95 Å². The molecule has 1 amide bonds. The molecule has 5 rings (SSSR count). The van der Waals surface area contributed by atoms with E-state index in [1.165, 1.54) is 0 Å². The largest absolute Gasteiger partial charge is 0.466 e. The molecule has 0 atom stereocenters. The van der Waals surface area contributed by atoms with Crippen molar-refractivity contribution in [3.63, 3.8) is 0 Å². The van der Waals surface area contributed by atoms with Crippen LogP contribution in [0.3, 0.4) is 0 Å². The van der Waals surface area contributed by atoms with E-state index in [-0.39, 0.29) is 29.6 Å². The summed E-state index contributed by atoms with van der Waals surface area (Å²) in [4.78, 5) is 38.2. The highest BCUT2D eigenvalue weighted by atomic mass is 19.1. The molecule has 2 aromatic heterocycles. The molecule has 0 aliphatic carbocycles. The molecule has 0 bridgehead atoms. The number of likely N-dealkylation sites (tertiary alicyclic amines) is 1. The van der Waals surface area contributed by atoms with Gasteiger partial charge in [-0.25, -0.2) is 9.37 Å². The number of hydrogen-bond donors (Lipinski definition) is 3. The van der Waals surface area contributed by atoms with E-state index in [1.807, 2.05) is 30.5 Å². The van der Waals surface area contributed by atoms with E-state index >= 15 is 0 Å². The lowest BCUT2D eigenvalue weighted by Crippen LogP contribution is -2.40. The Balaban J connectivity index is 1.25. The van der Waals surface area contributed by atoms with Gasteiger partial charge in [0.05, 0.1) is 18.7 Å². The molecule has 1 aliphatic heterocycles. The molecule has 0 radical (unpaired) electrons. The number of piperidine rings is 1. The Kier molecular flexibility index (Phi) is 6.98. The predicted octanol–water partition coefficient (Wildman–Crippen LogP) is 5.00. The van der Waals surface area contributed by atoms with Gasteiger partial charge in [0, 0.05) is 41.7 Å². The molecule has 10 heteroatoms. The average Bonchev–Trinajstić information content (AvgIpc) is 3.39. The third kappa shape index (κ3) is 5.53. The molecule has 3 heterocycles. The minimum Gasteiger partial charge on any atom is -0.466 e. The summed E-state index contributed by atoms with van der Waals surface area (Å²) in [6.45, 7) is 3.13. The topological polar surface area (TPSA) is 112 Å². The van der Waals surface area contributed by atoms with Gasteiger partial charge in [-0.05, 0) is 61.5 Å². The Morgan fingerprint density at radius 1 is 1.11 bits per heavy atom. The average molecular weight is 503 g/mol.